The molecule has 1 aliphatic carbocycles. The summed E-state index contributed by atoms with van der Waals surface area (Å²) in [6.45, 7) is 3.77. The molecule has 0 saturated heterocycles. The molecule has 1 aliphatic rings. The molecule has 0 radical (unpaired) electrons. The zero-order valence-electron chi connectivity index (χ0n) is 14.6. The Hall–Kier alpha value is -2.77. The predicted octanol–water partition coefficient (Wildman–Crippen LogP) is 2.51. The number of carbonyl (C=O) groups excluding carboxylic acids is 1. The number of aromatic nitrogens is 3. The van der Waals surface area contributed by atoms with E-state index in [1.165, 1.54) is 10.7 Å². The highest BCUT2D eigenvalue weighted by Gasteiger charge is 2.31. The van der Waals surface area contributed by atoms with Gasteiger partial charge in [0.2, 0.25) is 5.82 Å². The molecule has 8 heteroatoms. The van der Waals surface area contributed by atoms with Crippen molar-refractivity contribution in [2.75, 3.05) is 0 Å². The maximum atomic E-state index is 14.1. The normalized spacial score (nSPS) is 19.7. The van der Waals surface area contributed by atoms with Crippen molar-refractivity contribution in [2.45, 2.75) is 45.1 Å². The van der Waals surface area contributed by atoms with Crippen LogP contribution >= 0.6 is 0 Å². The minimum Gasteiger partial charge on any atom is -0.481 e. The molecule has 138 valence electrons. The van der Waals surface area contributed by atoms with Crippen LogP contribution in [-0.2, 0) is 4.79 Å². The summed E-state index contributed by atoms with van der Waals surface area (Å²) < 4.78 is 15.5. The molecule has 0 bridgehead atoms. The van der Waals surface area contributed by atoms with Crippen LogP contribution in [0.4, 0.5) is 4.39 Å². The first-order valence-electron chi connectivity index (χ1n) is 8.62. The summed E-state index contributed by atoms with van der Waals surface area (Å²) in [4.78, 5) is 27.8. The summed E-state index contributed by atoms with van der Waals surface area (Å²) >= 11 is 0. The molecule has 1 amide bonds. The summed E-state index contributed by atoms with van der Waals surface area (Å²) in [5.41, 5.74) is 0.231. The van der Waals surface area contributed by atoms with Crippen molar-refractivity contribution in [1.29, 1.82) is 0 Å². The number of hydrogen-bond donors (Lipinski definition) is 2. The largest absolute Gasteiger partial charge is 0.481 e. The lowest BCUT2D eigenvalue weighted by molar-refractivity contribution is -0.141. The number of halogens is 1. The third-order valence-electron chi connectivity index (χ3n) is 4.55. The fraction of sp³-hybridized carbons (Fsp3) is 0.444. The van der Waals surface area contributed by atoms with Gasteiger partial charge in [0.25, 0.3) is 5.91 Å². The molecule has 0 aliphatic heterocycles. The number of nitrogens with one attached hydrogen (secondary N) is 1. The number of para-hydroxylation sites is 1. The van der Waals surface area contributed by atoms with Crippen LogP contribution in [0, 0.1) is 11.7 Å². The van der Waals surface area contributed by atoms with E-state index >= 15 is 0 Å². The Morgan fingerprint density at radius 2 is 2.04 bits per heavy atom. The molecule has 1 aromatic carbocycles. The number of nitrogens with zero attached hydrogens (tertiary/aromatic N) is 3. The molecule has 1 heterocycles. The van der Waals surface area contributed by atoms with Gasteiger partial charge in [-0.3, -0.25) is 9.59 Å². The topological polar surface area (TPSA) is 97.1 Å². The number of amides is 1. The second-order valence-corrected chi connectivity index (χ2v) is 6.83. The fourth-order valence-corrected chi connectivity index (χ4v) is 3.18. The highest BCUT2D eigenvalue weighted by molar-refractivity contribution is 5.90. The second kappa shape index (κ2) is 7.23. The van der Waals surface area contributed by atoms with Crippen LogP contribution < -0.4 is 5.32 Å². The third-order valence-corrected chi connectivity index (χ3v) is 4.55. The van der Waals surface area contributed by atoms with Gasteiger partial charge in [-0.05, 0) is 31.4 Å². The summed E-state index contributed by atoms with van der Waals surface area (Å²) in [6.07, 6.45) is 1.54. The minimum atomic E-state index is -0.842. The van der Waals surface area contributed by atoms with Crippen molar-refractivity contribution >= 4 is 11.9 Å². The summed E-state index contributed by atoms with van der Waals surface area (Å²) in [7, 11) is 0. The standard InChI is InChI=1S/C18H21FN4O3/c1-10(2)16-21-15(22-23(16)14-6-4-3-5-13(14)19)17(24)20-12-8-7-11(9-12)18(25)26/h3-6,10-12H,7-9H2,1-2H3,(H,20,24)(H,25,26)/t11-,12+/m0/s1. The van der Waals surface area contributed by atoms with Crippen molar-refractivity contribution in [3.05, 3.63) is 41.7 Å². The van der Waals surface area contributed by atoms with E-state index in [0.29, 0.717) is 25.1 Å². The Balaban J connectivity index is 1.83. The van der Waals surface area contributed by atoms with Crippen LogP contribution in [-0.4, -0.2) is 37.8 Å². The summed E-state index contributed by atoms with van der Waals surface area (Å²) in [5, 5.41) is 16.0. The molecular weight excluding hydrogens is 339 g/mol. The fourth-order valence-electron chi connectivity index (χ4n) is 3.18. The van der Waals surface area contributed by atoms with E-state index < -0.39 is 23.6 Å². The quantitative estimate of drug-likeness (QED) is 0.854. The van der Waals surface area contributed by atoms with Crippen LogP contribution in [0.25, 0.3) is 5.69 Å². The zero-order chi connectivity index (χ0) is 18.8. The zero-order valence-corrected chi connectivity index (χ0v) is 14.6. The Morgan fingerprint density at radius 3 is 2.65 bits per heavy atom. The van der Waals surface area contributed by atoms with E-state index in [0.717, 1.165) is 0 Å². The van der Waals surface area contributed by atoms with Gasteiger partial charge in [-0.1, -0.05) is 26.0 Å². The smallest absolute Gasteiger partial charge is 0.306 e. The van der Waals surface area contributed by atoms with Crippen LogP contribution in [0.15, 0.2) is 24.3 Å². The van der Waals surface area contributed by atoms with Gasteiger partial charge in [-0.25, -0.2) is 14.1 Å². The molecule has 1 fully saturated rings. The lowest BCUT2D eigenvalue weighted by Crippen LogP contribution is -2.34. The second-order valence-electron chi connectivity index (χ2n) is 6.83. The lowest BCUT2D eigenvalue weighted by Gasteiger charge is -2.10. The minimum absolute atomic E-state index is 0.0456. The molecule has 2 atom stereocenters. The number of rotatable bonds is 5. The van der Waals surface area contributed by atoms with Gasteiger partial charge in [0, 0.05) is 12.0 Å². The summed E-state index contributed by atoms with van der Waals surface area (Å²) in [6, 6.07) is 5.95. The first kappa shape index (κ1) is 18.0. The Bertz CT molecular complexity index is 834. The van der Waals surface area contributed by atoms with E-state index in [1.54, 1.807) is 18.2 Å². The molecule has 2 N–H and O–H groups in total. The Morgan fingerprint density at radius 1 is 1.31 bits per heavy atom. The highest BCUT2D eigenvalue weighted by Crippen LogP contribution is 2.26. The Kier molecular flexibility index (Phi) is 5.01. The number of carbonyl (C=O) groups is 2. The maximum Gasteiger partial charge on any atom is 0.306 e. The average molecular weight is 360 g/mol. The molecule has 0 unspecified atom stereocenters. The van der Waals surface area contributed by atoms with Gasteiger partial charge < -0.3 is 10.4 Å². The first-order valence-corrected chi connectivity index (χ1v) is 8.62. The molecule has 26 heavy (non-hydrogen) atoms. The van der Waals surface area contributed by atoms with Crippen molar-refractivity contribution in [3.63, 3.8) is 0 Å². The molecule has 3 rings (SSSR count). The van der Waals surface area contributed by atoms with E-state index in [1.807, 2.05) is 13.8 Å². The monoisotopic (exact) mass is 360 g/mol. The van der Waals surface area contributed by atoms with Crippen LogP contribution in [0.1, 0.15) is 55.5 Å². The van der Waals surface area contributed by atoms with Gasteiger partial charge in [-0.15, -0.1) is 5.10 Å². The molecule has 7 nitrogen and oxygen atoms in total. The first-order chi connectivity index (χ1) is 12.4. The van der Waals surface area contributed by atoms with Crippen molar-refractivity contribution in [1.82, 2.24) is 20.1 Å². The number of aliphatic carboxylic acids is 1. The van der Waals surface area contributed by atoms with E-state index in [4.69, 9.17) is 5.11 Å². The highest BCUT2D eigenvalue weighted by atomic mass is 19.1. The van der Waals surface area contributed by atoms with Crippen molar-refractivity contribution in [2.24, 2.45) is 5.92 Å². The summed E-state index contributed by atoms with van der Waals surface area (Å²) in [5.74, 6) is -1.83. The number of benzene rings is 1. The molecule has 1 saturated carbocycles. The Labute approximate surface area is 150 Å². The lowest BCUT2D eigenvalue weighted by atomic mass is 10.1. The maximum absolute atomic E-state index is 14.1. The molecule has 0 spiro atoms. The van der Waals surface area contributed by atoms with Crippen LogP contribution in [0.3, 0.4) is 0 Å². The van der Waals surface area contributed by atoms with Crippen LogP contribution in [0.2, 0.25) is 0 Å². The average Bonchev–Trinajstić information content (AvgIpc) is 3.22. The molecule has 1 aromatic heterocycles. The van der Waals surface area contributed by atoms with E-state index in [2.05, 4.69) is 15.4 Å². The number of hydrogen-bond acceptors (Lipinski definition) is 4. The van der Waals surface area contributed by atoms with Gasteiger partial charge >= 0.3 is 5.97 Å². The van der Waals surface area contributed by atoms with Gasteiger partial charge in [0.05, 0.1) is 5.92 Å². The van der Waals surface area contributed by atoms with Crippen molar-refractivity contribution < 1.29 is 19.1 Å². The number of carboxylic acid groups (broad SMARTS) is 1. The predicted molar refractivity (Wildman–Crippen MR) is 91.6 cm³/mol. The SMILES string of the molecule is CC(C)c1nc(C(=O)N[C@@H]2CC[C@H](C(=O)O)C2)nn1-c1ccccc1F. The third kappa shape index (κ3) is 3.58. The van der Waals surface area contributed by atoms with Crippen LogP contribution in [0.5, 0.6) is 0 Å². The number of carboxylic acids is 1. The van der Waals surface area contributed by atoms with Crippen molar-refractivity contribution in [3.8, 4) is 5.69 Å². The van der Waals surface area contributed by atoms with Gasteiger partial charge in [0.15, 0.2) is 0 Å². The van der Waals surface area contributed by atoms with E-state index in [-0.39, 0.29) is 23.5 Å². The molecular formula is C18H21FN4O3. The molecule has 2 aromatic rings. The van der Waals surface area contributed by atoms with Gasteiger partial charge in [0.1, 0.15) is 17.3 Å². The van der Waals surface area contributed by atoms with E-state index in [9.17, 15) is 14.0 Å². The van der Waals surface area contributed by atoms with Gasteiger partial charge in [-0.2, -0.15) is 0 Å².